The van der Waals surface area contributed by atoms with Crippen LogP contribution in [-0.2, 0) is 0 Å². The van der Waals surface area contributed by atoms with E-state index in [1.165, 1.54) is 6.33 Å². The van der Waals surface area contributed by atoms with Gasteiger partial charge in [0.05, 0.1) is 5.69 Å². The van der Waals surface area contributed by atoms with Crippen molar-refractivity contribution in [1.29, 1.82) is 0 Å². The second-order valence-corrected chi connectivity index (χ2v) is 4.19. The van der Waals surface area contributed by atoms with Crippen LogP contribution in [0.2, 0.25) is 0 Å². The zero-order valence-corrected chi connectivity index (χ0v) is 10.4. The standard InChI is InChI=1S/C13H12N6O/c14-9-5-12(16-6-9)13(20)18-10-1-3-11(4-2-10)19-8-15-7-17-19/h1-8,16H,14H2,(H,18,20). The minimum Gasteiger partial charge on any atom is -0.397 e. The number of aromatic amines is 1. The molecule has 0 atom stereocenters. The van der Waals surface area contributed by atoms with Crippen molar-refractivity contribution in [3.8, 4) is 5.69 Å². The summed E-state index contributed by atoms with van der Waals surface area (Å²) in [6, 6.07) is 8.85. The van der Waals surface area contributed by atoms with Crippen LogP contribution in [-0.4, -0.2) is 25.7 Å². The van der Waals surface area contributed by atoms with E-state index in [1.807, 2.05) is 12.1 Å². The molecule has 1 aromatic carbocycles. The van der Waals surface area contributed by atoms with Crippen LogP contribution < -0.4 is 11.1 Å². The molecule has 100 valence electrons. The molecule has 7 heteroatoms. The smallest absolute Gasteiger partial charge is 0.272 e. The summed E-state index contributed by atoms with van der Waals surface area (Å²) in [5.41, 5.74) is 8.05. The van der Waals surface area contributed by atoms with Crippen molar-refractivity contribution in [3.63, 3.8) is 0 Å². The predicted molar refractivity (Wildman–Crippen MR) is 74.5 cm³/mol. The molecule has 0 bridgehead atoms. The molecule has 0 aliphatic heterocycles. The lowest BCUT2D eigenvalue weighted by molar-refractivity contribution is 0.102. The van der Waals surface area contributed by atoms with Gasteiger partial charge >= 0.3 is 0 Å². The molecule has 0 spiro atoms. The Morgan fingerprint density at radius 2 is 2.10 bits per heavy atom. The molecule has 2 aromatic heterocycles. The van der Waals surface area contributed by atoms with Crippen molar-refractivity contribution in [2.24, 2.45) is 0 Å². The highest BCUT2D eigenvalue weighted by molar-refractivity contribution is 6.03. The van der Waals surface area contributed by atoms with Crippen molar-refractivity contribution in [1.82, 2.24) is 19.7 Å². The second-order valence-electron chi connectivity index (χ2n) is 4.19. The van der Waals surface area contributed by atoms with E-state index in [-0.39, 0.29) is 5.91 Å². The molecule has 0 aliphatic carbocycles. The molecule has 0 unspecified atom stereocenters. The van der Waals surface area contributed by atoms with Crippen molar-refractivity contribution in [2.45, 2.75) is 0 Å². The quantitative estimate of drug-likeness (QED) is 0.668. The number of carbonyl (C=O) groups excluding carboxylic acids is 1. The van der Waals surface area contributed by atoms with Crippen molar-refractivity contribution in [3.05, 3.63) is 54.9 Å². The summed E-state index contributed by atoms with van der Waals surface area (Å²) in [4.78, 5) is 18.6. The Hall–Kier alpha value is -3.09. The molecular formula is C13H12N6O. The summed E-state index contributed by atoms with van der Waals surface area (Å²) in [5, 5.41) is 6.80. The third-order valence-corrected chi connectivity index (χ3v) is 2.76. The molecule has 0 radical (unpaired) electrons. The minimum atomic E-state index is -0.241. The lowest BCUT2D eigenvalue weighted by Crippen LogP contribution is -2.12. The second kappa shape index (κ2) is 4.88. The number of nitrogen functional groups attached to an aromatic ring is 1. The number of nitrogens with two attached hydrogens (primary N) is 1. The highest BCUT2D eigenvalue weighted by Crippen LogP contribution is 2.14. The van der Waals surface area contributed by atoms with E-state index >= 15 is 0 Å². The highest BCUT2D eigenvalue weighted by atomic mass is 16.1. The highest BCUT2D eigenvalue weighted by Gasteiger charge is 2.08. The lowest BCUT2D eigenvalue weighted by atomic mass is 10.2. The van der Waals surface area contributed by atoms with Gasteiger partial charge in [-0.25, -0.2) is 9.67 Å². The molecule has 0 saturated carbocycles. The summed E-state index contributed by atoms with van der Waals surface area (Å²) >= 11 is 0. The maximum absolute atomic E-state index is 11.9. The van der Waals surface area contributed by atoms with Crippen LogP contribution in [0, 0.1) is 0 Å². The monoisotopic (exact) mass is 268 g/mol. The molecule has 3 aromatic rings. The van der Waals surface area contributed by atoms with Crippen LogP contribution in [0.5, 0.6) is 0 Å². The van der Waals surface area contributed by atoms with E-state index in [4.69, 9.17) is 5.73 Å². The number of anilines is 2. The van der Waals surface area contributed by atoms with Gasteiger partial charge in [0.1, 0.15) is 18.3 Å². The first-order valence-corrected chi connectivity index (χ1v) is 5.93. The SMILES string of the molecule is Nc1c[nH]c(C(=O)Nc2ccc(-n3cncn3)cc2)c1. The number of aromatic nitrogens is 4. The Morgan fingerprint density at radius 1 is 1.30 bits per heavy atom. The fourth-order valence-corrected chi connectivity index (χ4v) is 1.78. The largest absolute Gasteiger partial charge is 0.397 e. The van der Waals surface area contributed by atoms with Gasteiger partial charge in [-0.2, -0.15) is 5.10 Å². The number of benzene rings is 1. The number of H-pyrrole nitrogens is 1. The summed E-state index contributed by atoms with van der Waals surface area (Å²) < 4.78 is 1.64. The molecule has 0 aliphatic rings. The van der Waals surface area contributed by atoms with Crippen LogP contribution in [0.1, 0.15) is 10.5 Å². The number of hydrogen-bond donors (Lipinski definition) is 3. The Kier molecular flexibility index (Phi) is 2.92. The van der Waals surface area contributed by atoms with Gasteiger partial charge in [0.15, 0.2) is 0 Å². The van der Waals surface area contributed by atoms with E-state index in [9.17, 15) is 4.79 Å². The van der Waals surface area contributed by atoms with Crippen LogP contribution in [0.4, 0.5) is 11.4 Å². The molecule has 2 heterocycles. The molecule has 4 N–H and O–H groups in total. The van der Waals surface area contributed by atoms with Crippen LogP contribution in [0.15, 0.2) is 49.2 Å². The number of amides is 1. The van der Waals surface area contributed by atoms with Gasteiger partial charge in [0, 0.05) is 17.6 Å². The zero-order chi connectivity index (χ0) is 13.9. The molecule has 0 fully saturated rings. The lowest BCUT2D eigenvalue weighted by Gasteiger charge is -2.05. The summed E-state index contributed by atoms with van der Waals surface area (Å²) in [6.07, 6.45) is 4.64. The number of rotatable bonds is 3. The minimum absolute atomic E-state index is 0.241. The van der Waals surface area contributed by atoms with Gasteiger partial charge in [0.2, 0.25) is 0 Å². The van der Waals surface area contributed by atoms with Gasteiger partial charge in [-0.05, 0) is 30.3 Å². The van der Waals surface area contributed by atoms with E-state index in [1.54, 1.807) is 35.4 Å². The normalized spacial score (nSPS) is 10.4. The molecular weight excluding hydrogens is 256 g/mol. The molecule has 7 nitrogen and oxygen atoms in total. The van der Waals surface area contributed by atoms with E-state index < -0.39 is 0 Å². The van der Waals surface area contributed by atoms with Gasteiger partial charge in [-0.3, -0.25) is 4.79 Å². The number of nitrogens with zero attached hydrogens (tertiary/aromatic N) is 3. The molecule has 0 saturated heterocycles. The average Bonchev–Trinajstić information content (AvgIpc) is 3.10. The third kappa shape index (κ3) is 2.37. The Balaban J connectivity index is 1.74. The van der Waals surface area contributed by atoms with Gasteiger partial charge in [-0.15, -0.1) is 0 Å². The maximum Gasteiger partial charge on any atom is 0.272 e. The Bertz CT molecular complexity index is 714. The third-order valence-electron chi connectivity index (χ3n) is 2.76. The topological polar surface area (TPSA) is 102 Å². The summed E-state index contributed by atoms with van der Waals surface area (Å²) in [7, 11) is 0. The average molecular weight is 268 g/mol. The first kappa shape index (κ1) is 12.0. The molecule has 1 amide bonds. The zero-order valence-electron chi connectivity index (χ0n) is 10.4. The number of carbonyl (C=O) groups is 1. The van der Waals surface area contributed by atoms with Gasteiger partial charge < -0.3 is 16.0 Å². The summed E-state index contributed by atoms with van der Waals surface area (Å²) in [5.74, 6) is -0.241. The fraction of sp³-hybridized carbons (Fsp3) is 0. The number of hydrogen-bond acceptors (Lipinski definition) is 4. The van der Waals surface area contributed by atoms with Crippen molar-refractivity contribution >= 4 is 17.3 Å². The summed E-state index contributed by atoms with van der Waals surface area (Å²) in [6.45, 7) is 0. The van der Waals surface area contributed by atoms with Gasteiger partial charge in [-0.1, -0.05) is 0 Å². The van der Waals surface area contributed by atoms with Crippen LogP contribution in [0.3, 0.4) is 0 Å². The Morgan fingerprint density at radius 3 is 2.70 bits per heavy atom. The van der Waals surface area contributed by atoms with Crippen LogP contribution in [0.25, 0.3) is 5.69 Å². The van der Waals surface area contributed by atoms with E-state index in [0.29, 0.717) is 17.1 Å². The van der Waals surface area contributed by atoms with E-state index in [2.05, 4.69) is 20.4 Å². The predicted octanol–water partition coefficient (Wildman–Crippen LogP) is 1.43. The number of nitrogens with one attached hydrogen (secondary N) is 2. The first-order valence-electron chi connectivity index (χ1n) is 5.93. The Labute approximate surface area is 114 Å². The van der Waals surface area contributed by atoms with Crippen molar-refractivity contribution in [2.75, 3.05) is 11.1 Å². The maximum atomic E-state index is 11.9. The van der Waals surface area contributed by atoms with Gasteiger partial charge in [0.25, 0.3) is 5.91 Å². The molecule has 20 heavy (non-hydrogen) atoms. The first-order chi connectivity index (χ1) is 9.72. The van der Waals surface area contributed by atoms with Crippen molar-refractivity contribution < 1.29 is 4.79 Å². The van der Waals surface area contributed by atoms with Crippen LogP contribution >= 0.6 is 0 Å². The van der Waals surface area contributed by atoms with E-state index in [0.717, 1.165) is 5.69 Å². The molecule has 3 rings (SSSR count). The fourth-order valence-electron chi connectivity index (χ4n) is 1.78.